The number of aromatic nitrogens is 13. The highest BCUT2D eigenvalue weighted by atomic mass is 15.2. The maximum atomic E-state index is 5.87. The van der Waals surface area contributed by atoms with Gasteiger partial charge in [-0.25, -0.2) is 49.8 Å². The molecule has 15 aromatic carbocycles. The number of hydrogen-bond donors (Lipinski definition) is 0. The molecule has 0 radical (unpaired) electrons. The van der Waals surface area contributed by atoms with Crippen molar-refractivity contribution in [2.24, 2.45) is 9.98 Å². The molecule has 1 atom stereocenters. The number of hydrogen-bond acceptors (Lipinski definition) is 13. The molecule has 0 fully saturated rings. The van der Waals surface area contributed by atoms with Crippen molar-refractivity contribution in [1.82, 2.24) is 64.0 Å². The van der Waals surface area contributed by atoms with Crippen molar-refractivity contribution in [2.75, 3.05) is 0 Å². The van der Waals surface area contributed by atoms with E-state index in [-0.39, 0.29) is 0 Å². The van der Waals surface area contributed by atoms with Gasteiger partial charge in [0.25, 0.3) is 0 Å². The largest absolute Gasteiger partial charge is 0.309 e. The van der Waals surface area contributed by atoms with Crippen LogP contribution < -0.4 is 0 Å². The van der Waals surface area contributed by atoms with E-state index in [2.05, 4.69) is 325 Å². The third-order valence-electron chi connectivity index (χ3n) is 26.0. The van der Waals surface area contributed by atoms with Gasteiger partial charge >= 0.3 is 0 Å². The minimum Gasteiger partial charge on any atom is -0.309 e. The van der Waals surface area contributed by atoms with E-state index in [1.807, 2.05) is 133 Å². The molecule has 0 spiro atoms. The van der Waals surface area contributed by atoms with Gasteiger partial charge in [-0.1, -0.05) is 371 Å². The minimum absolute atomic E-state index is 0.371. The molecule has 0 N–H and O–H groups in total. The summed E-state index contributed by atoms with van der Waals surface area (Å²) in [6.07, 6.45) is 6.43. The lowest BCUT2D eigenvalue weighted by Crippen LogP contribution is -2.19. The number of nitrogens with zero attached hydrogens (tertiary/aromatic N) is 15. The Balaban J connectivity index is 0.613. The van der Waals surface area contributed by atoms with E-state index in [1.165, 1.54) is 21.9 Å². The number of fused-ring (bicyclic) bond motifs is 6. The van der Waals surface area contributed by atoms with E-state index in [0.717, 1.165) is 151 Å². The Morgan fingerprint density at radius 1 is 0.261 bits per heavy atom. The van der Waals surface area contributed by atoms with Crippen molar-refractivity contribution in [1.29, 1.82) is 0 Å². The fourth-order valence-electron chi connectivity index (χ4n) is 19.2. The van der Waals surface area contributed by atoms with Crippen LogP contribution in [0.3, 0.4) is 0 Å². The molecule has 15 nitrogen and oxygen atoms in total. The van der Waals surface area contributed by atoms with Crippen molar-refractivity contribution in [2.45, 2.75) is 38.6 Å². The molecule has 138 heavy (non-hydrogen) atoms. The fourth-order valence-corrected chi connectivity index (χ4v) is 19.2. The highest BCUT2D eigenvalue weighted by molar-refractivity contribution is 6.13. The lowest BCUT2D eigenvalue weighted by Gasteiger charge is -2.28. The van der Waals surface area contributed by atoms with Gasteiger partial charge in [0.1, 0.15) is 17.4 Å². The Morgan fingerprint density at radius 3 is 1.12 bits per heavy atom. The van der Waals surface area contributed by atoms with E-state index < -0.39 is 6.04 Å². The summed E-state index contributed by atoms with van der Waals surface area (Å²) in [7, 11) is 0. The van der Waals surface area contributed by atoms with Gasteiger partial charge in [-0.2, -0.15) is 9.97 Å². The molecule has 0 saturated heterocycles. The summed E-state index contributed by atoms with van der Waals surface area (Å²) in [4.78, 5) is 72.0. The van der Waals surface area contributed by atoms with Gasteiger partial charge in [-0.15, -0.1) is 0 Å². The number of dihydropyridines is 1. The first-order valence-corrected chi connectivity index (χ1v) is 46.7. The second kappa shape index (κ2) is 36.4. The van der Waals surface area contributed by atoms with Crippen LogP contribution in [0.1, 0.15) is 72.9 Å². The van der Waals surface area contributed by atoms with Crippen LogP contribution in [0.4, 0.5) is 0 Å². The predicted molar refractivity (Wildman–Crippen MR) is 559 cm³/mol. The van der Waals surface area contributed by atoms with Gasteiger partial charge in [-0.3, -0.25) is 9.56 Å². The highest BCUT2D eigenvalue weighted by Crippen LogP contribution is 2.45. The molecule has 0 saturated carbocycles. The highest BCUT2D eigenvalue weighted by Gasteiger charge is 2.32. The first-order valence-electron chi connectivity index (χ1n) is 46.7. The van der Waals surface area contributed by atoms with Gasteiger partial charge in [0.2, 0.25) is 5.95 Å². The van der Waals surface area contributed by atoms with Gasteiger partial charge in [0.15, 0.2) is 34.9 Å². The molecule has 7 aromatic heterocycles. The summed E-state index contributed by atoms with van der Waals surface area (Å²) >= 11 is 0. The van der Waals surface area contributed by atoms with Crippen molar-refractivity contribution in [3.05, 3.63) is 483 Å². The van der Waals surface area contributed by atoms with Crippen LogP contribution in [-0.4, -0.2) is 75.4 Å². The molecule has 0 bridgehead atoms. The molecular weight excluding hydrogens is 1690 g/mol. The van der Waals surface area contributed by atoms with Crippen molar-refractivity contribution < 1.29 is 0 Å². The second-order valence-corrected chi connectivity index (χ2v) is 34.6. The summed E-state index contributed by atoms with van der Waals surface area (Å²) in [6.45, 7) is 2.22. The standard InChI is InChI=1S/C123H85N15/c1-2-95-98(81-35-12-3-13-36-81)74-102(82-37-14-4-15-38-82)125-116(95)109-78-111(122-130-106(86-45-22-8-23-46-86)77-107(131-122)87-47-24-9-25-48-87)133-120(132-109)101-56-34-51-93(73-110(124-101)121-128-104(84-41-18-6-19-42-84)76-105(129-121)85-43-20-7-21-44-85)119-126-103(83-39-16-5-17-40-83)75-108(127-119)88-63-59-79(60-64-88)80-61-65-90(66-62-80)118-134-117(89-49-26-10-27-50-89)135-123(136-118)138-113-58-33-31-55-97(113)100-72-92(68-70-115(100)138)91-67-69-114-99(71-91)96-54-30-32-57-112(96)137(114)94-52-28-11-29-53-94/h3-33,35-55,57-73,75-78,116H,2,34,56,74H2,1H3/b93-51+,110-73-,124-101?. The van der Waals surface area contributed by atoms with Crippen molar-refractivity contribution in [3.63, 3.8) is 0 Å². The molecular formula is C123H85N15. The van der Waals surface area contributed by atoms with Crippen LogP contribution >= 0.6 is 0 Å². The second-order valence-electron chi connectivity index (χ2n) is 34.6. The lowest BCUT2D eigenvalue weighted by atomic mass is 9.84. The Hall–Kier alpha value is -18.2. The number of benzene rings is 15. The number of allylic oxidation sites excluding steroid dienone is 4. The van der Waals surface area contributed by atoms with Gasteiger partial charge in [0.05, 0.1) is 67.6 Å². The third kappa shape index (κ3) is 16.3. The van der Waals surface area contributed by atoms with Gasteiger partial charge in [-0.05, 0) is 143 Å². The predicted octanol–water partition coefficient (Wildman–Crippen LogP) is 29.1. The van der Waals surface area contributed by atoms with E-state index in [9.17, 15) is 0 Å². The quantitative estimate of drug-likeness (QED) is 0.0709. The molecule has 9 heterocycles. The smallest absolute Gasteiger partial charge is 0.238 e. The molecule has 22 aromatic rings. The fraction of sp³-hybridized carbons (Fsp3) is 0.0488. The number of para-hydroxylation sites is 3. The minimum atomic E-state index is -0.547. The van der Waals surface area contributed by atoms with Crippen LogP contribution in [-0.2, 0) is 0 Å². The summed E-state index contributed by atoms with van der Waals surface area (Å²) in [5.41, 5.74) is 29.8. The van der Waals surface area contributed by atoms with Crippen LogP contribution in [0.25, 0.3) is 196 Å². The van der Waals surface area contributed by atoms with Crippen LogP contribution in [0.15, 0.2) is 458 Å². The molecule has 0 amide bonds. The first kappa shape index (κ1) is 82.9. The maximum absolute atomic E-state index is 5.87. The molecule has 2 aliphatic heterocycles. The van der Waals surface area contributed by atoms with Crippen molar-refractivity contribution >= 4 is 71.9 Å². The van der Waals surface area contributed by atoms with E-state index in [0.29, 0.717) is 101 Å². The van der Waals surface area contributed by atoms with Gasteiger partial charge in [0, 0.05) is 89.4 Å². The SMILES string of the molecule is CCC1=C(c2ccccc2)CC(c2ccccc2)=NC1c1cc(-c2nc(-c3ccccc3)cc(-c3ccccc3)n2)nc(C2=N/C(c3nc(-c4ccccc4)cc(-c4ccccc4)n3)=C\C(c3nc(-c4ccccc4)cc(-c4ccc(-c5ccc(-c6nc(-c7ccccc7)nc(-n7c8ccccc8c8cc(-c9ccc%10c(c9)c9ccccc9n%10-c9ccccc9)ccc87)n6)cc5)cc4)n3)=C/CC2)n1. The first-order chi connectivity index (χ1) is 68.3. The van der Waals surface area contributed by atoms with Gasteiger partial charge < -0.3 is 4.57 Å². The van der Waals surface area contributed by atoms with Crippen LogP contribution in [0.2, 0.25) is 0 Å². The normalized spacial score (nSPS) is 14.2. The Kier molecular flexibility index (Phi) is 21.9. The zero-order valence-corrected chi connectivity index (χ0v) is 75.3. The Morgan fingerprint density at radius 2 is 0.630 bits per heavy atom. The summed E-state index contributed by atoms with van der Waals surface area (Å²) in [6, 6.07) is 149. The zero-order valence-electron chi connectivity index (χ0n) is 75.3. The van der Waals surface area contributed by atoms with Crippen LogP contribution in [0, 0.1) is 0 Å². The van der Waals surface area contributed by atoms with Crippen LogP contribution in [0.5, 0.6) is 0 Å². The number of rotatable bonds is 20. The van der Waals surface area contributed by atoms with E-state index in [4.69, 9.17) is 64.8 Å². The number of aliphatic imine (C=N–C) groups is 2. The van der Waals surface area contributed by atoms with E-state index in [1.54, 1.807) is 0 Å². The Labute approximate surface area is 797 Å². The summed E-state index contributed by atoms with van der Waals surface area (Å²) in [5.74, 6) is 3.31. The molecule has 0 aliphatic carbocycles. The average molecular weight is 1770 g/mol. The van der Waals surface area contributed by atoms with E-state index >= 15 is 0 Å². The maximum Gasteiger partial charge on any atom is 0.238 e. The molecule has 1 unspecified atom stereocenters. The zero-order chi connectivity index (χ0) is 91.8. The monoisotopic (exact) mass is 1770 g/mol. The molecule has 2 aliphatic rings. The average Bonchev–Trinajstić information content (AvgIpc) is 1.57. The summed E-state index contributed by atoms with van der Waals surface area (Å²) < 4.78 is 4.54. The van der Waals surface area contributed by atoms with Crippen molar-refractivity contribution in [3.8, 4) is 136 Å². The Bertz CT molecular complexity index is 8450. The summed E-state index contributed by atoms with van der Waals surface area (Å²) in [5, 5.41) is 4.59. The third-order valence-corrected chi connectivity index (χ3v) is 26.0. The lowest BCUT2D eigenvalue weighted by molar-refractivity contribution is 0.754. The molecule has 24 rings (SSSR count). The topological polar surface area (TPSA) is 176 Å². The molecule has 652 valence electrons. The molecule has 15 heteroatoms.